The second-order valence-electron chi connectivity index (χ2n) is 22.0. The van der Waals surface area contributed by atoms with Crippen molar-refractivity contribution in [1.82, 2.24) is 0 Å². The molecular formula is C62H66O13. The Balaban J connectivity index is 1.29. The molecule has 0 amide bonds. The normalized spacial score (nSPS) is 30.5. The van der Waals surface area contributed by atoms with Crippen molar-refractivity contribution in [1.29, 1.82) is 0 Å². The topological polar surface area (TPSA) is 189 Å². The number of aliphatic hydroxyl groups excluding tert-OH is 1. The van der Waals surface area contributed by atoms with E-state index in [1.54, 1.807) is 148 Å². The molecule has 0 saturated heterocycles. The zero-order valence-corrected chi connectivity index (χ0v) is 42.9. The number of hydrogen-bond acceptors (Lipinski definition) is 13. The Bertz CT molecular complexity index is 2880. The average molecular weight is 1020 g/mol. The maximum Gasteiger partial charge on any atom is 0.314 e. The van der Waals surface area contributed by atoms with Crippen LogP contribution >= 0.6 is 0 Å². The van der Waals surface area contributed by atoms with Gasteiger partial charge in [-0.25, -0.2) is 0 Å². The van der Waals surface area contributed by atoms with Crippen molar-refractivity contribution in [3.05, 3.63) is 179 Å². The lowest BCUT2D eigenvalue weighted by Crippen LogP contribution is -2.83. The Hall–Kier alpha value is -6.96. The summed E-state index contributed by atoms with van der Waals surface area (Å²) in [6.07, 6.45) is -4.46. The molecule has 0 aromatic heterocycles. The second-order valence-corrected chi connectivity index (χ2v) is 22.0. The van der Waals surface area contributed by atoms with Gasteiger partial charge in [-0.1, -0.05) is 166 Å². The number of ether oxygens (including phenoxy) is 5. The first-order chi connectivity index (χ1) is 36.0. The quantitative estimate of drug-likeness (QED) is 0.0510. The number of esters is 5. The van der Waals surface area contributed by atoms with E-state index in [1.807, 2.05) is 24.3 Å². The van der Waals surface area contributed by atoms with E-state index in [0.717, 1.165) is 0 Å². The number of Topliss-reactive ketones (excluding diaryl/α,β-unsaturated/α-hetero) is 1. The molecule has 0 spiro atoms. The Morgan fingerprint density at radius 3 is 1.20 bits per heavy atom. The van der Waals surface area contributed by atoms with Crippen LogP contribution in [-0.2, 0) is 85.5 Å². The van der Waals surface area contributed by atoms with Crippen molar-refractivity contribution in [3.8, 4) is 0 Å². The Labute approximate surface area is 437 Å². The fourth-order valence-electron chi connectivity index (χ4n) is 14.6. The van der Waals surface area contributed by atoms with Gasteiger partial charge in [0.25, 0.3) is 0 Å². The van der Waals surface area contributed by atoms with Crippen LogP contribution in [0, 0.1) is 38.4 Å². The summed E-state index contributed by atoms with van der Waals surface area (Å²) >= 11 is 0. The third-order valence-corrected chi connectivity index (χ3v) is 17.9. The van der Waals surface area contributed by atoms with Crippen LogP contribution in [0.25, 0.3) is 0 Å². The van der Waals surface area contributed by atoms with E-state index in [2.05, 4.69) is 0 Å². The highest BCUT2D eigenvalue weighted by atomic mass is 16.6. The summed E-state index contributed by atoms with van der Waals surface area (Å²) in [5.74, 6) is -6.40. The lowest BCUT2D eigenvalue weighted by atomic mass is 9.25. The molecular weight excluding hydrogens is 953 g/mol. The molecule has 75 heavy (non-hydrogen) atoms. The minimum Gasteiger partial charge on any atom is -0.460 e. The second kappa shape index (κ2) is 21.0. The molecule has 0 heterocycles. The highest BCUT2D eigenvalue weighted by molar-refractivity contribution is 6.03. The Morgan fingerprint density at radius 1 is 0.440 bits per heavy atom. The fraction of sp³-hybridized carbons (Fsp3) is 0.419. The molecule has 4 aliphatic carbocycles. The van der Waals surface area contributed by atoms with Gasteiger partial charge in [-0.05, 0) is 91.5 Å². The van der Waals surface area contributed by atoms with Gasteiger partial charge in [-0.15, -0.1) is 0 Å². The molecule has 4 aliphatic rings. The van der Waals surface area contributed by atoms with Crippen LogP contribution < -0.4 is 0 Å². The Morgan fingerprint density at radius 2 is 0.787 bits per heavy atom. The van der Waals surface area contributed by atoms with Crippen LogP contribution in [0.15, 0.2) is 152 Å². The van der Waals surface area contributed by atoms with Gasteiger partial charge in [-0.3, -0.25) is 28.8 Å². The average Bonchev–Trinajstić information content (AvgIpc) is 3.78. The number of aliphatic hydroxyl groups is 2. The van der Waals surface area contributed by atoms with E-state index in [1.165, 1.54) is 0 Å². The maximum atomic E-state index is 16.7. The summed E-state index contributed by atoms with van der Waals surface area (Å²) in [6.45, 7) is 3.71. The van der Waals surface area contributed by atoms with Crippen molar-refractivity contribution in [2.45, 2.75) is 123 Å². The van der Waals surface area contributed by atoms with Crippen molar-refractivity contribution < 1.29 is 62.7 Å². The van der Waals surface area contributed by atoms with Gasteiger partial charge in [0.1, 0.15) is 56.1 Å². The van der Waals surface area contributed by atoms with Gasteiger partial charge in [-0.2, -0.15) is 0 Å². The minimum absolute atomic E-state index is 0.0574. The van der Waals surface area contributed by atoms with Crippen LogP contribution in [-0.4, -0.2) is 57.5 Å². The lowest BCUT2D eigenvalue weighted by Gasteiger charge is -2.75. The summed E-state index contributed by atoms with van der Waals surface area (Å²) in [7, 11) is 0. The molecule has 4 saturated carbocycles. The largest absolute Gasteiger partial charge is 0.460 e. The molecule has 0 radical (unpaired) electrons. The van der Waals surface area contributed by atoms with E-state index < -0.39 is 98.6 Å². The lowest BCUT2D eigenvalue weighted by molar-refractivity contribution is -0.324. The van der Waals surface area contributed by atoms with Crippen molar-refractivity contribution in [3.63, 3.8) is 0 Å². The summed E-state index contributed by atoms with van der Waals surface area (Å²) in [6, 6.07) is 44.6. The zero-order chi connectivity index (χ0) is 53.1. The maximum absolute atomic E-state index is 16.7. The first-order valence-corrected chi connectivity index (χ1v) is 26.0. The van der Waals surface area contributed by atoms with Gasteiger partial charge in [0.15, 0.2) is 0 Å². The fourth-order valence-corrected chi connectivity index (χ4v) is 14.6. The standard InChI is InChI=1S/C62H66O13/c1-56(70)31-33-60(53(67)73-39-45-23-13-6-14-24-45)58(3,42-56)50(64)36-62(55(69)75-41-47-27-17-8-18-28-47)59(52(66)72-38-44-21-11-5-12-22-44)30-29-48(49(63)35-51(65)71-37-43-19-9-4-10-20-43)57(59,2)32-34-61(60,62)54(68)74-40-46-25-15-7-16-26-46/h4-28,48,50,64,70H,29-42H2,1-3H3/t48-,50-,56-,57-,58+,59?,60?,61?,62?/m1/s1. The van der Waals surface area contributed by atoms with E-state index in [-0.39, 0.29) is 78.0 Å². The number of benzene rings is 5. The zero-order valence-electron chi connectivity index (χ0n) is 42.9. The van der Waals surface area contributed by atoms with Crippen LogP contribution in [0.3, 0.4) is 0 Å². The van der Waals surface area contributed by atoms with E-state index in [9.17, 15) is 15.0 Å². The molecule has 4 unspecified atom stereocenters. The van der Waals surface area contributed by atoms with Gasteiger partial charge < -0.3 is 33.9 Å². The predicted octanol–water partition coefficient (Wildman–Crippen LogP) is 9.52. The molecule has 13 nitrogen and oxygen atoms in total. The van der Waals surface area contributed by atoms with E-state index in [4.69, 9.17) is 23.7 Å². The highest BCUT2D eigenvalue weighted by Crippen LogP contribution is 2.85. The van der Waals surface area contributed by atoms with Crippen molar-refractivity contribution in [2.24, 2.45) is 38.4 Å². The van der Waals surface area contributed by atoms with Crippen LogP contribution in [0.5, 0.6) is 0 Å². The molecule has 4 fully saturated rings. The summed E-state index contributed by atoms with van der Waals surface area (Å²) in [5.41, 5.74) is -11.2. The molecule has 392 valence electrons. The molecule has 13 heteroatoms. The summed E-state index contributed by atoms with van der Waals surface area (Å²) < 4.78 is 31.6. The molecule has 9 atom stereocenters. The predicted molar refractivity (Wildman–Crippen MR) is 274 cm³/mol. The van der Waals surface area contributed by atoms with Gasteiger partial charge in [0.05, 0.1) is 22.5 Å². The van der Waals surface area contributed by atoms with Crippen LogP contribution in [0.4, 0.5) is 0 Å². The first kappa shape index (κ1) is 52.9. The van der Waals surface area contributed by atoms with Crippen molar-refractivity contribution >= 4 is 35.6 Å². The smallest absolute Gasteiger partial charge is 0.314 e. The van der Waals surface area contributed by atoms with Crippen LogP contribution in [0.2, 0.25) is 0 Å². The molecule has 9 rings (SSSR count). The highest BCUT2D eigenvalue weighted by Gasteiger charge is 2.93. The molecule has 5 aromatic carbocycles. The SMILES string of the molecule is C[C@@]1(O)CCC2(C(=O)OCc3ccccc3)C3(C(=O)OCc4ccccc4)CC[C@]4(C)[C@@H](C(=O)CC(=O)OCc5ccccc5)CCC4(C(=O)OCc4ccccc4)C3(C(=O)OCc3ccccc3)C[C@@H](O)[C@]2(C)C1. The third kappa shape index (κ3) is 8.95. The van der Waals surface area contributed by atoms with Crippen molar-refractivity contribution in [2.75, 3.05) is 0 Å². The third-order valence-electron chi connectivity index (χ3n) is 17.9. The molecule has 0 bridgehead atoms. The van der Waals surface area contributed by atoms with Gasteiger partial charge in [0.2, 0.25) is 0 Å². The number of fused-ring (bicyclic) bond motifs is 5. The number of ketones is 1. The molecule has 5 aromatic rings. The van der Waals surface area contributed by atoms with Gasteiger partial charge in [0, 0.05) is 11.3 Å². The number of rotatable bonds is 17. The number of carbonyl (C=O) groups is 6. The van der Waals surface area contributed by atoms with Crippen LogP contribution in [0.1, 0.15) is 106 Å². The summed E-state index contributed by atoms with van der Waals surface area (Å²) in [5, 5.41) is 25.5. The minimum atomic E-state index is -2.57. The van der Waals surface area contributed by atoms with Gasteiger partial charge >= 0.3 is 29.8 Å². The monoisotopic (exact) mass is 1020 g/mol. The number of carbonyl (C=O) groups excluding carboxylic acids is 6. The number of hydrogen-bond donors (Lipinski definition) is 2. The Kier molecular flexibility index (Phi) is 14.8. The summed E-state index contributed by atoms with van der Waals surface area (Å²) in [4.78, 5) is 94.9. The van der Waals surface area contributed by atoms with E-state index in [0.29, 0.717) is 27.8 Å². The first-order valence-electron chi connectivity index (χ1n) is 26.0. The molecule has 0 aliphatic heterocycles. The van der Waals surface area contributed by atoms with E-state index >= 15 is 24.0 Å². The molecule has 2 N–H and O–H groups in total.